The summed E-state index contributed by atoms with van der Waals surface area (Å²) in [5.41, 5.74) is 2.31. The molecule has 0 saturated carbocycles. The van der Waals surface area contributed by atoms with Gasteiger partial charge in [0, 0.05) is 10.5 Å². The molecule has 1 aliphatic rings. The van der Waals surface area contributed by atoms with Crippen LogP contribution in [-0.2, 0) is 14.3 Å². The van der Waals surface area contributed by atoms with E-state index in [0.29, 0.717) is 41.0 Å². The average molecular weight is 481 g/mol. The van der Waals surface area contributed by atoms with E-state index in [1.165, 1.54) is 19.1 Å². The van der Waals surface area contributed by atoms with E-state index in [9.17, 15) is 9.59 Å². The van der Waals surface area contributed by atoms with Crippen LogP contribution in [0.25, 0.3) is 6.08 Å². The SMILES string of the molecule is Cc1ccc(NC(=O)C(C)OC(=O)/C=C/c2cc(Cl)c3c(c2)OCCO3)c(Br)c1. The summed E-state index contributed by atoms with van der Waals surface area (Å²) in [5.74, 6) is -0.0706. The third-order valence-electron chi connectivity index (χ3n) is 4.08. The molecule has 1 N–H and O–H groups in total. The van der Waals surface area contributed by atoms with Crippen molar-refractivity contribution in [2.45, 2.75) is 20.0 Å². The molecule has 6 nitrogen and oxygen atoms in total. The van der Waals surface area contributed by atoms with Crippen LogP contribution < -0.4 is 14.8 Å². The first kappa shape index (κ1) is 21.2. The standard InChI is InChI=1S/C21H19BrClNO5/c1-12-3-5-17(15(22)9-12)24-21(26)13(2)29-19(25)6-4-14-10-16(23)20-18(11-14)27-7-8-28-20/h3-6,9-11,13H,7-8H2,1-2H3,(H,24,26)/b6-4+. The normalized spacial score (nSPS) is 13.8. The number of hydrogen-bond donors (Lipinski definition) is 1. The van der Waals surface area contributed by atoms with Gasteiger partial charge in [-0.25, -0.2) is 4.79 Å². The number of ether oxygens (including phenoxy) is 3. The third-order valence-corrected chi connectivity index (χ3v) is 5.01. The number of carbonyl (C=O) groups is 2. The van der Waals surface area contributed by atoms with Gasteiger partial charge in [-0.2, -0.15) is 0 Å². The highest BCUT2D eigenvalue weighted by Crippen LogP contribution is 2.38. The lowest BCUT2D eigenvalue weighted by molar-refractivity contribution is -0.148. The van der Waals surface area contributed by atoms with Crippen LogP contribution >= 0.6 is 27.5 Å². The average Bonchev–Trinajstić information content (AvgIpc) is 2.68. The lowest BCUT2D eigenvalue weighted by atomic mass is 10.2. The first-order chi connectivity index (χ1) is 13.8. The Morgan fingerprint density at radius 1 is 1.24 bits per heavy atom. The zero-order valence-electron chi connectivity index (χ0n) is 15.8. The van der Waals surface area contributed by atoms with Crippen molar-refractivity contribution in [1.82, 2.24) is 0 Å². The van der Waals surface area contributed by atoms with Crippen molar-refractivity contribution in [3.8, 4) is 11.5 Å². The second-order valence-corrected chi connectivity index (χ2v) is 7.67. The molecule has 0 fully saturated rings. The molecule has 3 rings (SSSR count). The van der Waals surface area contributed by atoms with E-state index in [2.05, 4.69) is 21.2 Å². The molecule has 1 aliphatic heterocycles. The number of rotatable bonds is 5. The number of nitrogens with one attached hydrogen (secondary N) is 1. The van der Waals surface area contributed by atoms with Gasteiger partial charge >= 0.3 is 5.97 Å². The molecule has 2 aromatic carbocycles. The topological polar surface area (TPSA) is 73.9 Å². The number of esters is 1. The van der Waals surface area contributed by atoms with Gasteiger partial charge in [0.25, 0.3) is 5.91 Å². The summed E-state index contributed by atoms with van der Waals surface area (Å²) in [6.07, 6.45) is 1.80. The zero-order valence-corrected chi connectivity index (χ0v) is 18.2. The van der Waals surface area contributed by atoms with Crippen molar-refractivity contribution < 1.29 is 23.8 Å². The molecule has 1 unspecified atom stereocenters. The van der Waals surface area contributed by atoms with E-state index in [-0.39, 0.29) is 0 Å². The highest BCUT2D eigenvalue weighted by molar-refractivity contribution is 9.10. The lowest BCUT2D eigenvalue weighted by Crippen LogP contribution is -2.29. The fourth-order valence-corrected chi connectivity index (χ4v) is 3.48. The van der Waals surface area contributed by atoms with Crippen LogP contribution in [0.2, 0.25) is 5.02 Å². The molecule has 0 aromatic heterocycles. The van der Waals surface area contributed by atoms with Gasteiger partial charge in [0.05, 0.1) is 10.7 Å². The molecule has 1 amide bonds. The summed E-state index contributed by atoms with van der Waals surface area (Å²) in [6.45, 7) is 4.32. The number of carbonyl (C=O) groups excluding carboxylic acids is 2. The van der Waals surface area contributed by atoms with E-state index >= 15 is 0 Å². The van der Waals surface area contributed by atoms with Crippen LogP contribution in [0.15, 0.2) is 40.9 Å². The number of fused-ring (bicyclic) bond motifs is 1. The number of anilines is 1. The van der Waals surface area contributed by atoms with Crippen molar-refractivity contribution in [2.75, 3.05) is 18.5 Å². The van der Waals surface area contributed by atoms with Gasteiger partial charge in [-0.3, -0.25) is 4.79 Å². The van der Waals surface area contributed by atoms with E-state index in [4.69, 9.17) is 25.8 Å². The van der Waals surface area contributed by atoms with Gasteiger partial charge in [-0.05, 0) is 71.2 Å². The molecule has 2 aromatic rings. The van der Waals surface area contributed by atoms with E-state index in [0.717, 1.165) is 10.0 Å². The fraction of sp³-hybridized carbons (Fsp3) is 0.238. The summed E-state index contributed by atoms with van der Waals surface area (Å²) in [4.78, 5) is 24.4. The van der Waals surface area contributed by atoms with Crippen molar-refractivity contribution >= 4 is 51.2 Å². The first-order valence-electron chi connectivity index (χ1n) is 8.88. The molecular formula is C21H19BrClNO5. The van der Waals surface area contributed by atoms with Gasteiger partial charge in [0.1, 0.15) is 13.2 Å². The van der Waals surface area contributed by atoms with Crippen molar-refractivity contribution in [2.24, 2.45) is 0 Å². The van der Waals surface area contributed by atoms with Gasteiger partial charge in [0.15, 0.2) is 17.6 Å². The molecule has 0 bridgehead atoms. The lowest BCUT2D eigenvalue weighted by Gasteiger charge is -2.19. The summed E-state index contributed by atoms with van der Waals surface area (Å²) in [5, 5.41) is 3.12. The van der Waals surface area contributed by atoms with Crippen molar-refractivity contribution in [3.63, 3.8) is 0 Å². The Kier molecular flexibility index (Phi) is 6.82. The minimum absolute atomic E-state index is 0.395. The van der Waals surface area contributed by atoms with Gasteiger partial charge in [0.2, 0.25) is 0 Å². The maximum atomic E-state index is 12.3. The maximum Gasteiger partial charge on any atom is 0.331 e. The number of aryl methyl sites for hydroxylation is 1. The molecule has 29 heavy (non-hydrogen) atoms. The van der Waals surface area contributed by atoms with Gasteiger partial charge < -0.3 is 19.5 Å². The maximum absolute atomic E-state index is 12.3. The van der Waals surface area contributed by atoms with Crippen molar-refractivity contribution in [1.29, 1.82) is 0 Å². The number of halogens is 2. The van der Waals surface area contributed by atoms with Crippen LogP contribution in [0, 0.1) is 6.92 Å². The Morgan fingerprint density at radius 3 is 2.76 bits per heavy atom. The highest BCUT2D eigenvalue weighted by Gasteiger charge is 2.18. The molecule has 152 valence electrons. The Hall–Kier alpha value is -2.51. The van der Waals surface area contributed by atoms with Gasteiger partial charge in [-0.1, -0.05) is 17.7 Å². The largest absolute Gasteiger partial charge is 0.486 e. The minimum Gasteiger partial charge on any atom is -0.486 e. The summed E-state index contributed by atoms with van der Waals surface area (Å²) in [6, 6.07) is 8.91. The number of amides is 1. The van der Waals surface area contributed by atoms with Crippen LogP contribution in [0.3, 0.4) is 0 Å². The molecular weight excluding hydrogens is 462 g/mol. The molecule has 0 saturated heterocycles. The molecule has 0 aliphatic carbocycles. The fourth-order valence-electron chi connectivity index (χ4n) is 2.61. The highest BCUT2D eigenvalue weighted by atomic mass is 79.9. The second kappa shape index (κ2) is 9.33. The quantitative estimate of drug-likeness (QED) is 0.493. The minimum atomic E-state index is -0.968. The van der Waals surface area contributed by atoms with Crippen LogP contribution in [0.5, 0.6) is 11.5 Å². The summed E-state index contributed by atoms with van der Waals surface area (Å²) < 4.78 is 16.9. The number of hydrogen-bond acceptors (Lipinski definition) is 5. The van der Waals surface area contributed by atoms with E-state index < -0.39 is 18.0 Å². The smallest absolute Gasteiger partial charge is 0.331 e. The van der Waals surface area contributed by atoms with Gasteiger partial charge in [-0.15, -0.1) is 0 Å². The predicted octanol–water partition coefficient (Wildman–Crippen LogP) is 4.77. The first-order valence-corrected chi connectivity index (χ1v) is 10.1. The van der Waals surface area contributed by atoms with E-state index in [1.807, 2.05) is 19.1 Å². The number of benzene rings is 2. The van der Waals surface area contributed by atoms with Crippen LogP contribution in [0.1, 0.15) is 18.1 Å². The van der Waals surface area contributed by atoms with Crippen LogP contribution in [-0.4, -0.2) is 31.2 Å². The molecule has 1 atom stereocenters. The molecule has 8 heteroatoms. The summed E-state index contributed by atoms with van der Waals surface area (Å²) in [7, 11) is 0. The Morgan fingerprint density at radius 2 is 2.00 bits per heavy atom. The second-order valence-electron chi connectivity index (χ2n) is 6.41. The third kappa shape index (κ3) is 5.52. The monoisotopic (exact) mass is 479 g/mol. The van der Waals surface area contributed by atoms with E-state index in [1.54, 1.807) is 18.2 Å². The molecule has 0 radical (unpaired) electrons. The molecule has 1 heterocycles. The Balaban J connectivity index is 1.59. The predicted molar refractivity (Wildman–Crippen MR) is 115 cm³/mol. The van der Waals surface area contributed by atoms with Crippen LogP contribution in [0.4, 0.5) is 5.69 Å². The Labute approximate surface area is 181 Å². The van der Waals surface area contributed by atoms with Crippen molar-refractivity contribution in [3.05, 3.63) is 57.0 Å². The summed E-state index contributed by atoms with van der Waals surface area (Å²) >= 11 is 9.57. The Bertz CT molecular complexity index is 976. The molecule has 0 spiro atoms. The zero-order chi connectivity index (χ0) is 21.0.